The van der Waals surface area contributed by atoms with Crippen molar-refractivity contribution in [3.8, 4) is 5.75 Å². The maximum Gasteiger partial charge on any atom is 0.337 e. The number of methoxy groups -OCH3 is 2. The predicted octanol–water partition coefficient (Wildman–Crippen LogP) is 4.14. The fraction of sp³-hybridized carbons (Fsp3) is 0.211. The minimum absolute atomic E-state index is 0.120. The van der Waals surface area contributed by atoms with E-state index in [4.69, 9.17) is 9.47 Å². The first-order valence-electron chi connectivity index (χ1n) is 7.50. The van der Waals surface area contributed by atoms with Crippen LogP contribution in [0.3, 0.4) is 0 Å². The molecule has 0 heterocycles. The van der Waals surface area contributed by atoms with Gasteiger partial charge in [-0.1, -0.05) is 12.1 Å². The van der Waals surface area contributed by atoms with E-state index in [1.807, 2.05) is 12.1 Å². The van der Waals surface area contributed by atoms with Crippen molar-refractivity contribution in [2.45, 2.75) is 12.8 Å². The van der Waals surface area contributed by atoms with Crippen molar-refractivity contribution in [3.63, 3.8) is 0 Å². The number of rotatable bonds is 3. The van der Waals surface area contributed by atoms with E-state index in [1.54, 1.807) is 12.1 Å². The molecule has 1 aliphatic rings. The molecule has 3 rings (SSSR count). The summed E-state index contributed by atoms with van der Waals surface area (Å²) in [5, 5.41) is 0. The monoisotopic (exact) mass is 330 g/mol. The maximum absolute atomic E-state index is 14.4. The number of hydrogen-bond acceptors (Lipinski definition) is 3. The van der Waals surface area contributed by atoms with Crippen LogP contribution in [0.2, 0.25) is 0 Å². The molecular weight excluding hydrogens is 314 g/mol. The van der Waals surface area contributed by atoms with Gasteiger partial charge in [0.2, 0.25) is 0 Å². The van der Waals surface area contributed by atoms with E-state index in [2.05, 4.69) is 0 Å². The minimum atomic E-state index is -0.701. The van der Waals surface area contributed by atoms with E-state index in [-0.39, 0.29) is 11.3 Å². The van der Waals surface area contributed by atoms with Gasteiger partial charge >= 0.3 is 5.97 Å². The highest BCUT2D eigenvalue weighted by molar-refractivity contribution is 5.93. The summed E-state index contributed by atoms with van der Waals surface area (Å²) in [7, 11) is 2.67. The maximum atomic E-state index is 14.4. The second kappa shape index (κ2) is 6.43. The van der Waals surface area contributed by atoms with Gasteiger partial charge < -0.3 is 9.47 Å². The summed E-state index contributed by atoms with van der Waals surface area (Å²) in [6.45, 7) is 0. The molecule has 5 heteroatoms. The van der Waals surface area contributed by atoms with Gasteiger partial charge in [0, 0.05) is 12.1 Å². The smallest absolute Gasteiger partial charge is 0.337 e. The van der Waals surface area contributed by atoms with E-state index in [9.17, 15) is 13.6 Å². The standard InChI is InChI=1S/C19H16F2O3/c1-23-17-10-13(20)9-16(21)18(17)14-5-3-4-11-6-7-12(8-15(11)14)19(22)24-2/h5-10H,3-4H2,1-2H3. The van der Waals surface area contributed by atoms with Crippen molar-refractivity contribution in [2.75, 3.05) is 14.2 Å². The Labute approximate surface area is 138 Å². The Morgan fingerprint density at radius 2 is 1.92 bits per heavy atom. The molecule has 0 spiro atoms. The number of carbonyl (C=O) groups excluding carboxylic acids is 1. The van der Waals surface area contributed by atoms with Crippen LogP contribution in [0, 0.1) is 11.6 Å². The molecule has 0 radical (unpaired) electrons. The minimum Gasteiger partial charge on any atom is -0.496 e. The predicted molar refractivity (Wildman–Crippen MR) is 86.1 cm³/mol. The highest BCUT2D eigenvalue weighted by Crippen LogP contribution is 2.38. The Morgan fingerprint density at radius 3 is 2.62 bits per heavy atom. The molecule has 2 aromatic rings. The fourth-order valence-electron chi connectivity index (χ4n) is 2.98. The summed E-state index contributed by atoms with van der Waals surface area (Å²) in [4.78, 5) is 11.8. The summed E-state index contributed by atoms with van der Waals surface area (Å²) in [5.41, 5.74) is 2.89. The number of hydrogen-bond donors (Lipinski definition) is 0. The molecule has 2 aromatic carbocycles. The second-order valence-electron chi connectivity index (χ2n) is 5.48. The van der Waals surface area contributed by atoms with E-state index in [0.29, 0.717) is 11.1 Å². The van der Waals surface area contributed by atoms with E-state index in [1.165, 1.54) is 14.2 Å². The van der Waals surface area contributed by atoms with E-state index < -0.39 is 17.6 Å². The van der Waals surface area contributed by atoms with Crippen LogP contribution in [0.4, 0.5) is 8.78 Å². The van der Waals surface area contributed by atoms with Gasteiger partial charge in [0.1, 0.15) is 17.4 Å². The van der Waals surface area contributed by atoms with Crippen LogP contribution in [-0.4, -0.2) is 20.2 Å². The molecule has 0 aliphatic heterocycles. The number of carbonyl (C=O) groups is 1. The number of allylic oxidation sites excluding steroid dienone is 1. The Kier molecular flexibility index (Phi) is 4.34. The number of halogens is 2. The van der Waals surface area contributed by atoms with Crippen molar-refractivity contribution in [2.24, 2.45) is 0 Å². The van der Waals surface area contributed by atoms with Gasteiger partial charge in [0.05, 0.1) is 25.3 Å². The van der Waals surface area contributed by atoms with Crippen LogP contribution in [0.15, 0.2) is 36.4 Å². The number of aryl methyl sites for hydroxylation is 1. The molecule has 0 saturated carbocycles. The van der Waals surface area contributed by atoms with Gasteiger partial charge in [-0.3, -0.25) is 0 Å². The molecule has 3 nitrogen and oxygen atoms in total. The van der Waals surface area contributed by atoms with Gasteiger partial charge in [-0.15, -0.1) is 0 Å². The summed E-state index contributed by atoms with van der Waals surface area (Å²) in [6, 6.07) is 7.18. The molecule has 24 heavy (non-hydrogen) atoms. The average Bonchev–Trinajstić information content (AvgIpc) is 2.59. The zero-order valence-corrected chi connectivity index (χ0v) is 13.4. The third-order valence-electron chi connectivity index (χ3n) is 4.09. The Morgan fingerprint density at radius 1 is 1.12 bits per heavy atom. The molecule has 0 N–H and O–H groups in total. The zero-order valence-electron chi connectivity index (χ0n) is 13.4. The van der Waals surface area contributed by atoms with Crippen molar-refractivity contribution >= 4 is 11.5 Å². The molecule has 0 bridgehead atoms. The highest BCUT2D eigenvalue weighted by atomic mass is 19.1. The first-order valence-corrected chi connectivity index (χ1v) is 7.50. The van der Waals surface area contributed by atoms with Crippen LogP contribution >= 0.6 is 0 Å². The number of esters is 1. The van der Waals surface area contributed by atoms with Crippen LogP contribution in [0.1, 0.15) is 33.5 Å². The van der Waals surface area contributed by atoms with Crippen molar-refractivity contribution < 1.29 is 23.0 Å². The van der Waals surface area contributed by atoms with Gasteiger partial charge in [-0.25, -0.2) is 13.6 Å². The topological polar surface area (TPSA) is 35.5 Å². The first-order chi connectivity index (χ1) is 11.5. The van der Waals surface area contributed by atoms with Crippen LogP contribution < -0.4 is 4.74 Å². The highest BCUT2D eigenvalue weighted by Gasteiger charge is 2.23. The van der Waals surface area contributed by atoms with E-state index in [0.717, 1.165) is 36.1 Å². The van der Waals surface area contributed by atoms with Crippen LogP contribution in [0.5, 0.6) is 5.75 Å². The quantitative estimate of drug-likeness (QED) is 0.794. The third kappa shape index (κ3) is 2.77. The molecule has 0 atom stereocenters. The summed E-state index contributed by atoms with van der Waals surface area (Å²) < 4.78 is 37.8. The summed E-state index contributed by atoms with van der Waals surface area (Å²) in [5.74, 6) is -1.74. The molecular formula is C19H16F2O3. The normalized spacial score (nSPS) is 13.1. The van der Waals surface area contributed by atoms with Crippen LogP contribution in [0.25, 0.3) is 5.57 Å². The lowest BCUT2D eigenvalue weighted by molar-refractivity contribution is 0.0600. The molecule has 0 fully saturated rings. The zero-order chi connectivity index (χ0) is 17.3. The average molecular weight is 330 g/mol. The van der Waals surface area contributed by atoms with Crippen LogP contribution in [-0.2, 0) is 11.2 Å². The van der Waals surface area contributed by atoms with Crippen molar-refractivity contribution in [1.82, 2.24) is 0 Å². The van der Waals surface area contributed by atoms with Gasteiger partial charge in [0.15, 0.2) is 0 Å². The number of benzene rings is 2. The lowest BCUT2D eigenvalue weighted by Crippen LogP contribution is -2.08. The molecule has 0 aromatic heterocycles. The molecule has 0 amide bonds. The second-order valence-corrected chi connectivity index (χ2v) is 5.48. The lowest BCUT2D eigenvalue weighted by Gasteiger charge is -2.21. The van der Waals surface area contributed by atoms with Gasteiger partial charge in [-0.05, 0) is 41.7 Å². The molecule has 124 valence electrons. The SMILES string of the molecule is COC(=O)c1ccc2c(c1)C(c1c(F)cc(F)cc1OC)=CCC2. The summed E-state index contributed by atoms with van der Waals surface area (Å²) >= 11 is 0. The van der Waals surface area contributed by atoms with Gasteiger partial charge in [0.25, 0.3) is 0 Å². The molecule has 1 aliphatic carbocycles. The number of ether oxygens (including phenoxy) is 2. The fourth-order valence-corrected chi connectivity index (χ4v) is 2.98. The summed E-state index contributed by atoms with van der Waals surface area (Å²) in [6.07, 6.45) is 3.38. The van der Waals surface area contributed by atoms with Crippen molar-refractivity contribution in [1.29, 1.82) is 0 Å². The van der Waals surface area contributed by atoms with E-state index >= 15 is 0 Å². The Balaban J connectivity index is 2.19. The molecule has 0 saturated heterocycles. The third-order valence-corrected chi connectivity index (χ3v) is 4.09. The largest absolute Gasteiger partial charge is 0.496 e. The van der Waals surface area contributed by atoms with Crippen molar-refractivity contribution in [3.05, 3.63) is 70.3 Å². The molecule has 0 unspecified atom stereocenters. The Hall–Kier alpha value is -2.69. The number of fused-ring (bicyclic) bond motifs is 1. The Bertz CT molecular complexity index is 841. The first kappa shape index (κ1) is 16.2. The lowest BCUT2D eigenvalue weighted by atomic mass is 9.85. The van der Waals surface area contributed by atoms with Gasteiger partial charge in [-0.2, -0.15) is 0 Å².